The van der Waals surface area contributed by atoms with Gasteiger partial charge in [-0.15, -0.1) is 0 Å². The minimum absolute atomic E-state index is 0.0120. The first kappa shape index (κ1) is 28.1. The Morgan fingerprint density at radius 3 is 1.96 bits per heavy atom. The molecule has 0 aromatic carbocycles. The fraction of sp³-hybridized carbons (Fsp3) is 0.889. The van der Waals surface area contributed by atoms with Crippen molar-refractivity contribution in [2.45, 2.75) is 84.3 Å². The molecule has 7 heteroatoms. The van der Waals surface area contributed by atoms with E-state index in [9.17, 15) is 9.59 Å². The van der Waals surface area contributed by atoms with E-state index in [1.807, 2.05) is 0 Å². The van der Waals surface area contributed by atoms with Crippen LogP contribution in [0.1, 0.15) is 65.7 Å². The van der Waals surface area contributed by atoms with Gasteiger partial charge in [-0.1, -0.05) is 0 Å². The zero-order valence-corrected chi connectivity index (χ0v) is 22.7. The third-order valence-electron chi connectivity index (χ3n) is 3.17. The summed E-state index contributed by atoms with van der Waals surface area (Å²) in [4.78, 5) is 21.5. The van der Waals surface area contributed by atoms with Gasteiger partial charge in [-0.25, -0.2) is 0 Å². The Kier molecular flexibility index (Phi) is 25.8. The molecule has 4 nitrogen and oxygen atoms in total. The predicted molar refractivity (Wildman–Crippen MR) is 110 cm³/mol. The van der Waals surface area contributed by atoms with Crippen molar-refractivity contribution in [2.75, 3.05) is 13.2 Å². The van der Waals surface area contributed by atoms with Crippen molar-refractivity contribution in [3.8, 4) is 0 Å². The molecule has 0 saturated carbocycles. The van der Waals surface area contributed by atoms with Crippen LogP contribution in [-0.2, 0) is 19.1 Å². The third-order valence-corrected chi connectivity index (χ3v) is 8.61. The van der Waals surface area contributed by atoms with Gasteiger partial charge < -0.3 is 9.47 Å². The fourth-order valence-corrected chi connectivity index (χ4v) is 6.99. The molecule has 1 heterocycles. The Hall–Kier alpha value is 0.887. The number of carbonyl (C=O) groups is 2. The van der Waals surface area contributed by atoms with E-state index in [2.05, 4.69) is 42.9 Å². The monoisotopic (exact) mass is 587 g/mol. The zero-order chi connectivity index (χ0) is 19.3. The number of rotatable bonds is 8. The van der Waals surface area contributed by atoms with Crippen molar-refractivity contribution in [1.29, 1.82) is 0 Å². The number of carbonyl (C=O) groups excluding carboxylic acids is 2. The number of ether oxygens (including phenoxy) is 2. The number of cyclic esters (lactones) is 2. The van der Waals surface area contributed by atoms with E-state index in [0.29, 0.717) is 0 Å². The summed E-state index contributed by atoms with van der Waals surface area (Å²) in [5.74, 6) is -0.855. The summed E-state index contributed by atoms with van der Waals surface area (Å²) in [5.41, 5.74) is 0. The third kappa shape index (κ3) is 22.8. The van der Waals surface area contributed by atoms with Crippen LogP contribution in [0.4, 0.5) is 0 Å². The molecule has 1 unspecified atom stereocenters. The zero-order valence-electron chi connectivity index (χ0n) is 16.1. The van der Waals surface area contributed by atoms with Gasteiger partial charge in [0.1, 0.15) is 18.5 Å². The SMILES string of the molecule is CCC[CH2][Sn].CCC[CH2][Sn][CH2]CCC.O=C1CC(S)C(=O)OCCO1. The maximum Gasteiger partial charge on any atom is 0.319 e. The quantitative estimate of drug-likeness (QED) is 0.200. The molecule has 0 bridgehead atoms. The first-order valence-corrected chi connectivity index (χ1v) is 16.0. The Bertz CT molecular complexity index is 309. The fourth-order valence-electron chi connectivity index (χ4n) is 1.60. The van der Waals surface area contributed by atoms with E-state index in [4.69, 9.17) is 0 Å². The summed E-state index contributed by atoms with van der Waals surface area (Å²) in [5, 5.41) is -0.678. The molecule has 1 aliphatic heterocycles. The van der Waals surface area contributed by atoms with E-state index in [-0.39, 0.29) is 40.8 Å². The Labute approximate surface area is 183 Å². The van der Waals surface area contributed by atoms with Crippen molar-refractivity contribution in [3.05, 3.63) is 0 Å². The maximum absolute atomic E-state index is 10.8. The number of hydrogen-bond acceptors (Lipinski definition) is 5. The molecule has 1 fully saturated rings. The second kappa shape index (κ2) is 22.9. The van der Waals surface area contributed by atoms with Crippen LogP contribution in [0.3, 0.4) is 0 Å². The molecule has 1 saturated heterocycles. The molecule has 1 rings (SSSR count). The Morgan fingerprint density at radius 2 is 1.52 bits per heavy atom. The van der Waals surface area contributed by atoms with Crippen molar-refractivity contribution in [3.63, 3.8) is 0 Å². The standard InChI is InChI=1S/C6H8O4S.3C4H9.2Sn/c7-5-3-4(11)6(8)10-2-1-9-5;3*1-3-4-2;;/h4,11H,1-3H2;3*1,3-4H2,2H3;;. The molecule has 0 aromatic heterocycles. The van der Waals surface area contributed by atoms with Gasteiger partial charge in [0.15, 0.2) is 0 Å². The van der Waals surface area contributed by atoms with Crippen LogP contribution in [0.15, 0.2) is 0 Å². The van der Waals surface area contributed by atoms with Crippen molar-refractivity contribution >= 4 is 68.2 Å². The van der Waals surface area contributed by atoms with Gasteiger partial charge in [-0.3, -0.25) is 9.59 Å². The first-order chi connectivity index (χ1) is 12.0. The summed E-state index contributed by atoms with van der Waals surface area (Å²) in [7, 11) is 0. The molecule has 0 aliphatic carbocycles. The van der Waals surface area contributed by atoms with E-state index in [1.165, 1.54) is 43.0 Å². The van der Waals surface area contributed by atoms with Gasteiger partial charge in [-0.05, 0) is 0 Å². The molecule has 0 aromatic rings. The molecule has 145 valence electrons. The predicted octanol–water partition coefficient (Wildman–Crippen LogP) is 4.28. The van der Waals surface area contributed by atoms with E-state index < -0.39 is 17.2 Å². The normalized spacial score (nSPS) is 16.9. The van der Waals surface area contributed by atoms with Gasteiger partial charge in [-0.2, -0.15) is 12.6 Å². The molecule has 0 N–H and O–H groups in total. The maximum atomic E-state index is 10.8. The molecular formula is C18H35O4SSn2. The number of thiol groups is 1. The minimum Gasteiger partial charge on any atom is -0.462 e. The average molecular weight is 585 g/mol. The molecule has 5 radical (unpaired) electrons. The van der Waals surface area contributed by atoms with Crippen molar-refractivity contribution < 1.29 is 19.1 Å². The molecule has 0 amide bonds. The van der Waals surface area contributed by atoms with Crippen LogP contribution >= 0.6 is 12.6 Å². The van der Waals surface area contributed by atoms with Crippen molar-refractivity contribution in [1.82, 2.24) is 0 Å². The summed E-state index contributed by atoms with van der Waals surface area (Å²) in [6, 6.07) is 0. The van der Waals surface area contributed by atoms with Crippen molar-refractivity contribution in [2.24, 2.45) is 0 Å². The number of unbranched alkanes of at least 4 members (excludes halogenated alkanes) is 3. The summed E-state index contributed by atoms with van der Waals surface area (Å²) in [6.45, 7) is 7.08. The topological polar surface area (TPSA) is 52.6 Å². The molecule has 25 heavy (non-hydrogen) atoms. The van der Waals surface area contributed by atoms with Crippen LogP contribution in [0.25, 0.3) is 0 Å². The summed E-state index contributed by atoms with van der Waals surface area (Å²) >= 11 is 5.69. The van der Waals surface area contributed by atoms with Crippen LogP contribution in [0.5, 0.6) is 0 Å². The van der Waals surface area contributed by atoms with Gasteiger partial charge in [0.05, 0.1) is 6.42 Å². The van der Waals surface area contributed by atoms with Gasteiger partial charge in [0, 0.05) is 0 Å². The number of esters is 2. The van der Waals surface area contributed by atoms with E-state index in [0.717, 1.165) is 0 Å². The molecular weight excluding hydrogens is 550 g/mol. The van der Waals surface area contributed by atoms with E-state index in [1.54, 1.807) is 31.4 Å². The average Bonchev–Trinajstić information content (AvgIpc) is 2.59. The van der Waals surface area contributed by atoms with Crippen LogP contribution in [-0.4, -0.2) is 74.1 Å². The second-order valence-corrected chi connectivity index (χ2v) is 12.0. The van der Waals surface area contributed by atoms with Crippen LogP contribution < -0.4 is 0 Å². The van der Waals surface area contributed by atoms with Gasteiger partial charge in [0.2, 0.25) is 0 Å². The van der Waals surface area contributed by atoms with Gasteiger partial charge in [0.25, 0.3) is 0 Å². The smallest absolute Gasteiger partial charge is 0.319 e. The molecule has 0 spiro atoms. The van der Waals surface area contributed by atoms with Gasteiger partial charge >= 0.3 is 128 Å². The summed E-state index contributed by atoms with van der Waals surface area (Å²) < 4.78 is 14.0. The van der Waals surface area contributed by atoms with Crippen LogP contribution in [0.2, 0.25) is 13.3 Å². The Balaban J connectivity index is 0. The Morgan fingerprint density at radius 1 is 1.00 bits per heavy atom. The largest absolute Gasteiger partial charge is 0.462 e. The second-order valence-electron chi connectivity index (χ2n) is 5.67. The van der Waals surface area contributed by atoms with E-state index >= 15 is 0 Å². The molecule has 1 atom stereocenters. The molecule has 1 aliphatic rings. The van der Waals surface area contributed by atoms with Crippen LogP contribution in [0, 0.1) is 0 Å². The first-order valence-electron chi connectivity index (χ1n) is 9.38. The summed E-state index contributed by atoms with van der Waals surface area (Å²) in [6.07, 6.45) is 8.62. The number of hydrogen-bond donors (Lipinski definition) is 1. The minimum atomic E-state index is -0.678.